The van der Waals surface area contributed by atoms with Crippen LogP contribution in [0.4, 0.5) is 23.7 Å². The van der Waals surface area contributed by atoms with Crippen molar-refractivity contribution >= 4 is 33.6 Å². The molecule has 2 aromatic carbocycles. The highest BCUT2D eigenvalue weighted by Gasteiger charge is 2.30. The number of nitrogens with one attached hydrogen (secondary N) is 2. The predicted octanol–water partition coefficient (Wildman–Crippen LogP) is 5.17. The van der Waals surface area contributed by atoms with Gasteiger partial charge >= 0.3 is 12.2 Å². The van der Waals surface area contributed by atoms with E-state index in [0.29, 0.717) is 29.1 Å². The molecule has 210 valence electrons. The van der Waals surface area contributed by atoms with Crippen LogP contribution in [0.3, 0.4) is 0 Å². The maximum atomic E-state index is 13.0. The Labute approximate surface area is 231 Å². The molecule has 40 heavy (non-hydrogen) atoms. The lowest BCUT2D eigenvalue weighted by Crippen LogP contribution is -2.42. The quantitative estimate of drug-likeness (QED) is 0.317. The van der Waals surface area contributed by atoms with Gasteiger partial charge < -0.3 is 10.1 Å². The third kappa shape index (κ3) is 6.84. The van der Waals surface area contributed by atoms with Crippen molar-refractivity contribution in [3.63, 3.8) is 0 Å². The van der Waals surface area contributed by atoms with Crippen molar-refractivity contribution in [2.45, 2.75) is 31.6 Å². The average Bonchev–Trinajstić information content (AvgIpc) is 3.33. The van der Waals surface area contributed by atoms with Gasteiger partial charge in [0.25, 0.3) is 0 Å². The Morgan fingerprint density at radius 3 is 2.65 bits per heavy atom. The summed E-state index contributed by atoms with van der Waals surface area (Å²) < 4.78 is 60.8. The van der Waals surface area contributed by atoms with Crippen molar-refractivity contribution in [2.24, 2.45) is 0 Å². The van der Waals surface area contributed by atoms with Gasteiger partial charge in [-0.1, -0.05) is 6.07 Å². The fourth-order valence-corrected chi connectivity index (χ4v) is 5.34. The van der Waals surface area contributed by atoms with Crippen molar-refractivity contribution < 1.29 is 26.9 Å². The Kier molecular flexibility index (Phi) is 8.14. The highest BCUT2D eigenvalue weighted by atomic mass is 32.2. The zero-order chi connectivity index (χ0) is 28.3. The Morgan fingerprint density at radius 1 is 1.10 bits per heavy atom. The molecule has 1 amide bonds. The molecule has 9 nitrogen and oxygen atoms in total. The molecule has 4 aromatic rings. The molecule has 0 saturated carbocycles. The summed E-state index contributed by atoms with van der Waals surface area (Å²) in [7, 11) is -1.02. The lowest BCUT2D eigenvalue weighted by molar-refractivity contribution is -0.137. The van der Waals surface area contributed by atoms with Crippen LogP contribution in [-0.2, 0) is 23.7 Å². The minimum Gasteiger partial charge on any atom is -0.439 e. The smallest absolute Gasteiger partial charge is 0.416 e. The van der Waals surface area contributed by atoms with E-state index in [9.17, 15) is 22.2 Å². The molecule has 1 aliphatic rings. The van der Waals surface area contributed by atoms with E-state index >= 15 is 0 Å². The van der Waals surface area contributed by atoms with Gasteiger partial charge in [-0.05, 0) is 55.3 Å². The van der Waals surface area contributed by atoms with Gasteiger partial charge in [0.05, 0.1) is 27.8 Å². The van der Waals surface area contributed by atoms with Gasteiger partial charge in [-0.15, -0.1) is 0 Å². The summed E-state index contributed by atoms with van der Waals surface area (Å²) in [6.07, 6.45) is 1.94. The van der Waals surface area contributed by atoms with E-state index in [-0.39, 0.29) is 11.7 Å². The molecule has 1 saturated heterocycles. The summed E-state index contributed by atoms with van der Waals surface area (Å²) in [5.74, 6) is 0.886. The maximum absolute atomic E-state index is 13.0. The molecule has 0 spiro atoms. The number of halogens is 3. The van der Waals surface area contributed by atoms with E-state index < -0.39 is 28.8 Å². The van der Waals surface area contributed by atoms with E-state index in [1.165, 1.54) is 29.2 Å². The van der Waals surface area contributed by atoms with Crippen LogP contribution in [0.5, 0.6) is 11.6 Å². The third-order valence-electron chi connectivity index (χ3n) is 6.55. The number of nitrogens with zero attached hydrogens (tertiary/aromatic N) is 4. The van der Waals surface area contributed by atoms with E-state index in [0.717, 1.165) is 43.8 Å². The maximum Gasteiger partial charge on any atom is 0.416 e. The number of ether oxygens (including phenoxy) is 1. The molecular weight excluding hydrogens is 545 g/mol. The average molecular weight is 573 g/mol. The number of anilines is 1. The van der Waals surface area contributed by atoms with Crippen LogP contribution in [0.25, 0.3) is 10.9 Å². The summed E-state index contributed by atoms with van der Waals surface area (Å²) in [5, 5.41) is 3.21. The summed E-state index contributed by atoms with van der Waals surface area (Å²) in [4.78, 5) is 23.6. The number of hydrogen-bond acceptors (Lipinski definition) is 6. The molecule has 2 N–H and O–H groups in total. The minimum absolute atomic E-state index is 0.0413. The summed E-state index contributed by atoms with van der Waals surface area (Å²) in [6.45, 7) is 2.37. The Balaban J connectivity index is 1.23. The number of benzene rings is 2. The minimum atomic E-state index is -4.51. The second-order valence-corrected chi connectivity index (χ2v) is 10.6. The highest BCUT2D eigenvalue weighted by molar-refractivity contribution is 7.82. The first-order valence-electron chi connectivity index (χ1n) is 12.5. The van der Waals surface area contributed by atoms with Crippen molar-refractivity contribution in [3.05, 3.63) is 78.4 Å². The molecule has 1 aliphatic heterocycles. The number of rotatable bonds is 7. The van der Waals surface area contributed by atoms with Crippen molar-refractivity contribution in [3.8, 4) is 11.6 Å². The van der Waals surface area contributed by atoms with Crippen molar-refractivity contribution in [2.75, 3.05) is 24.7 Å². The topological polar surface area (TPSA) is 101 Å². The molecule has 2 aromatic heterocycles. The number of carbonyl (C=O) groups is 1. The van der Waals surface area contributed by atoms with Crippen LogP contribution >= 0.6 is 0 Å². The van der Waals surface area contributed by atoms with E-state index in [1.807, 2.05) is 0 Å². The second-order valence-electron chi connectivity index (χ2n) is 9.49. The predicted molar refractivity (Wildman–Crippen MR) is 145 cm³/mol. The number of alkyl halides is 3. The molecule has 0 aliphatic carbocycles. The van der Waals surface area contributed by atoms with Gasteiger partial charge in [-0.2, -0.15) is 13.2 Å². The van der Waals surface area contributed by atoms with Crippen LogP contribution in [0.1, 0.15) is 24.1 Å². The fourth-order valence-electron chi connectivity index (χ4n) is 4.63. The lowest BCUT2D eigenvalue weighted by Gasteiger charge is -2.31. The van der Waals surface area contributed by atoms with Crippen LogP contribution in [0.15, 0.2) is 67.1 Å². The SMILES string of the molecule is CS(=O)NC1CCN(Cc2cc(Oc3ccc4c(ccn4C(=O)Nc4cccc(C(F)(F)F)c4)c3)ncn2)CC1. The largest absolute Gasteiger partial charge is 0.439 e. The summed E-state index contributed by atoms with van der Waals surface area (Å²) >= 11 is 0. The fraction of sp³-hybridized carbons (Fsp3) is 0.296. The lowest BCUT2D eigenvalue weighted by atomic mass is 10.1. The molecule has 5 rings (SSSR count). The molecule has 3 heterocycles. The molecule has 0 bridgehead atoms. The Morgan fingerprint density at radius 2 is 1.90 bits per heavy atom. The highest BCUT2D eigenvalue weighted by Crippen LogP contribution is 2.31. The summed E-state index contributed by atoms with van der Waals surface area (Å²) in [6, 6.07) is 12.8. The van der Waals surface area contributed by atoms with Gasteiger partial charge in [0.15, 0.2) is 0 Å². The number of piperidine rings is 1. The van der Waals surface area contributed by atoms with E-state index in [4.69, 9.17) is 4.74 Å². The number of amides is 1. The van der Waals surface area contributed by atoms with Crippen LogP contribution in [0.2, 0.25) is 0 Å². The van der Waals surface area contributed by atoms with Gasteiger partial charge in [0.1, 0.15) is 12.1 Å². The van der Waals surface area contributed by atoms with E-state index in [1.54, 1.807) is 36.6 Å². The van der Waals surface area contributed by atoms with Crippen LogP contribution < -0.4 is 14.8 Å². The number of likely N-dealkylation sites (tertiary alicyclic amines) is 1. The van der Waals surface area contributed by atoms with Gasteiger partial charge in [0.2, 0.25) is 5.88 Å². The molecule has 0 radical (unpaired) electrons. The number of carbonyl (C=O) groups excluding carboxylic acids is 1. The van der Waals surface area contributed by atoms with Crippen LogP contribution in [0, 0.1) is 0 Å². The number of fused-ring (bicyclic) bond motifs is 1. The van der Waals surface area contributed by atoms with Crippen molar-refractivity contribution in [1.29, 1.82) is 0 Å². The normalized spacial score (nSPS) is 15.7. The molecule has 13 heteroatoms. The Hall–Kier alpha value is -3.81. The zero-order valence-electron chi connectivity index (χ0n) is 21.5. The molecule has 1 fully saturated rings. The monoisotopic (exact) mass is 572 g/mol. The van der Waals surface area contributed by atoms with E-state index in [2.05, 4.69) is 24.9 Å². The van der Waals surface area contributed by atoms with Crippen molar-refractivity contribution in [1.82, 2.24) is 24.2 Å². The first-order chi connectivity index (χ1) is 19.1. The molecule has 1 atom stereocenters. The van der Waals surface area contributed by atoms with Crippen LogP contribution in [-0.4, -0.2) is 55.1 Å². The third-order valence-corrected chi connectivity index (χ3v) is 7.21. The number of aromatic nitrogens is 3. The molecule has 1 unspecified atom stereocenters. The van der Waals surface area contributed by atoms with Gasteiger partial charge in [-0.3, -0.25) is 9.47 Å². The summed E-state index contributed by atoms with van der Waals surface area (Å²) in [5.41, 5.74) is 0.573. The first-order valence-corrected chi connectivity index (χ1v) is 14.1. The van der Waals surface area contributed by atoms with Gasteiger partial charge in [0, 0.05) is 55.3 Å². The standard InChI is InChI=1S/C27H27F3N6O3S/c1-40(38)34-20-8-10-35(11-9-20)16-22-15-25(32-17-31-22)39-23-5-6-24-18(13-23)7-12-36(24)26(37)33-21-4-2-3-19(14-21)27(28,29)30/h2-7,12-15,17,20,34H,8-11,16H2,1H3,(H,33,37). The molecular formula is C27H27F3N6O3S. The Bertz CT molecular complexity index is 1540. The van der Waals surface area contributed by atoms with Gasteiger partial charge in [-0.25, -0.2) is 23.7 Å². The zero-order valence-corrected chi connectivity index (χ0v) is 22.3. The number of hydrogen-bond donors (Lipinski definition) is 2. The second kappa shape index (κ2) is 11.7. The first kappa shape index (κ1) is 27.7.